The van der Waals surface area contributed by atoms with Gasteiger partial charge in [0.1, 0.15) is 22.9 Å². The van der Waals surface area contributed by atoms with Crippen LogP contribution in [0.5, 0.6) is 0 Å². The van der Waals surface area contributed by atoms with Gasteiger partial charge in [-0.25, -0.2) is 8.78 Å². The Balaban J connectivity index is 2.06. The number of rotatable bonds is 3. The van der Waals surface area contributed by atoms with Crippen LogP contribution in [0.15, 0.2) is 40.8 Å². The van der Waals surface area contributed by atoms with Gasteiger partial charge in [-0.3, -0.25) is 9.59 Å². The summed E-state index contributed by atoms with van der Waals surface area (Å²) in [5.74, 6) is -3.20. The maximum atomic E-state index is 13.5. The van der Waals surface area contributed by atoms with Crippen molar-refractivity contribution in [2.24, 2.45) is 5.73 Å². The summed E-state index contributed by atoms with van der Waals surface area (Å²) in [5, 5.41) is 2.36. The first-order valence-corrected chi connectivity index (χ1v) is 7.03. The smallest absolute Gasteiger partial charge is 0.286 e. The van der Waals surface area contributed by atoms with Crippen molar-refractivity contribution in [3.63, 3.8) is 0 Å². The van der Waals surface area contributed by atoms with Crippen LogP contribution in [0.25, 0.3) is 11.0 Å². The molecule has 3 N–H and O–H groups in total. The summed E-state index contributed by atoms with van der Waals surface area (Å²) in [7, 11) is 0. The quantitative estimate of drug-likeness (QED) is 0.755. The Kier molecular flexibility index (Phi) is 3.94. The number of benzene rings is 2. The summed E-state index contributed by atoms with van der Waals surface area (Å²) in [5.41, 5.74) is 5.38. The zero-order chi connectivity index (χ0) is 17.4. The second kappa shape index (κ2) is 5.93. The van der Waals surface area contributed by atoms with Crippen molar-refractivity contribution in [3.05, 3.63) is 64.4 Å². The van der Waals surface area contributed by atoms with E-state index in [0.29, 0.717) is 0 Å². The molecule has 0 unspecified atom stereocenters. The Morgan fingerprint density at radius 1 is 1.12 bits per heavy atom. The number of primary amides is 1. The van der Waals surface area contributed by atoms with Gasteiger partial charge < -0.3 is 15.5 Å². The SMILES string of the molecule is NC(=O)c1oc2ccc(F)cc2c1NC(=O)c1ccc(F)c(Cl)c1. The van der Waals surface area contributed by atoms with Crippen LogP contribution in [0, 0.1) is 11.6 Å². The minimum absolute atomic E-state index is 0.0440. The summed E-state index contributed by atoms with van der Waals surface area (Å²) in [4.78, 5) is 23.8. The van der Waals surface area contributed by atoms with Gasteiger partial charge in [-0.05, 0) is 36.4 Å². The lowest BCUT2D eigenvalue weighted by atomic mass is 10.1. The number of anilines is 1. The Morgan fingerprint density at radius 3 is 2.54 bits per heavy atom. The maximum absolute atomic E-state index is 13.5. The molecule has 0 saturated heterocycles. The molecule has 0 radical (unpaired) electrons. The molecule has 2 amide bonds. The van der Waals surface area contributed by atoms with Gasteiger partial charge in [0, 0.05) is 10.9 Å². The van der Waals surface area contributed by atoms with E-state index in [1.807, 2.05) is 0 Å². The van der Waals surface area contributed by atoms with Crippen LogP contribution in [0.4, 0.5) is 14.5 Å². The lowest BCUT2D eigenvalue weighted by Crippen LogP contribution is -2.17. The van der Waals surface area contributed by atoms with Gasteiger partial charge >= 0.3 is 0 Å². The van der Waals surface area contributed by atoms with E-state index in [9.17, 15) is 18.4 Å². The number of nitrogens with one attached hydrogen (secondary N) is 1. The van der Waals surface area contributed by atoms with E-state index in [4.69, 9.17) is 21.8 Å². The molecule has 122 valence electrons. The number of carbonyl (C=O) groups is 2. The van der Waals surface area contributed by atoms with Gasteiger partial charge in [0.2, 0.25) is 5.76 Å². The maximum Gasteiger partial charge on any atom is 0.286 e. The standard InChI is InChI=1S/C16H9ClF2N2O3/c17-10-5-7(1-3-11(10)19)16(23)21-13-9-6-8(18)2-4-12(9)24-14(13)15(20)22/h1-6H,(H2,20,22)(H,21,23). The van der Waals surface area contributed by atoms with E-state index < -0.39 is 23.4 Å². The fourth-order valence-electron chi connectivity index (χ4n) is 2.19. The predicted molar refractivity (Wildman–Crippen MR) is 84.1 cm³/mol. The van der Waals surface area contributed by atoms with Crippen LogP contribution in [-0.2, 0) is 0 Å². The van der Waals surface area contributed by atoms with Crippen LogP contribution in [0.2, 0.25) is 5.02 Å². The van der Waals surface area contributed by atoms with Crippen molar-refractivity contribution >= 4 is 40.1 Å². The fourth-order valence-corrected chi connectivity index (χ4v) is 2.37. The number of amides is 2. The topological polar surface area (TPSA) is 85.3 Å². The van der Waals surface area contributed by atoms with E-state index in [0.717, 1.165) is 24.3 Å². The van der Waals surface area contributed by atoms with Gasteiger partial charge in [0.15, 0.2) is 0 Å². The first-order chi connectivity index (χ1) is 11.4. The highest BCUT2D eigenvalue weighted by molar-refractivity contribution is 6.31. The minimum atomic E-state index is -0.931. The molecule has 3 rings (SSSR count). The van der Waals surface area contributed by atoms with Crippen LogP contribution in [0.3, 0.4) is 0 Å². The summed E-state index contributed by atoms with van der Waals surface area (Å²) in [6.07, 6.45) is 0. The molecular weight excluding hydrogens is 342 g/mol. The Bertz CT molecular complexity index is 985. The molecule has 8 heteroatoms. The highest BCUT2D eigenvalue weighted by Gasteiger charge is 2.21. The Labute approximate surface area is 139 Å². The van der Waals surface area contributed by atoms with E-state index in [1.165, 1.54) is 12.1 Å². The van der Waals surface area contributed by atoms with Crippen molar-refractivity contribution in [1.29, 1.82) is 0 Å². The highest BCUT2D eigenvalue weighted by Crippen LogP contribution is 2.32. The van der Waals surface area contributed by atoms with Gasteiger partial charge in [-0.1, -0.05) is 11.6 Å². The average Bonchev–Trinajstić information content (AvgIpc) is 2.88. The number of halogens is 3. The van der Waals surface area contributed by atoms with Gasteiger partial charge in [-0.15, -0.1) is 0 Å². The van der Waals surface area contributed by atoms with Gasteiger partial charge in [0.25, 0.3) is 11.8 Å². The molecule has 1 aromatic heterocycles. The molecular formula is C16H9ClF2N2O3. The summed E-state index contributed by atoms with van der Waals surface area (Å²) < 4.78 is 31.9. The third-order valence-corrected chi connectivity index (χ3v) is 3.58. The zero-order valence-electron chi connectivity index (χ0n) is 11.9. The van der Waals surface area contributed by atoms with E-state index in [2.05, 4.69) is 5.32 Å². The number of hydrogen-bond acceptors (Lipinski definition) is 3. The van der Waals surface area contributed by atoms with Crippen molar-refractivity contribution in [3.8, 4) is 0 Å². The molecule has 0 spiro atoms. The normalized spacial score (nSPS) is 10.8. The van der Waals surface area contributed by atoms with Gasteiger partial charge in [0.05, 0.1) is 5.02 Å². The molecule has 24 heavy (non-hydrogen) atoms. The number of carbonyl (C=O) groups excluding carboxylic acids is 2. The van der Waals surface area contributed by atoms with Crippen molar-refractivity contribution in [2.75, 3.05) is 5.32 Å². The van der Waals surface area contributed by atoms with E-state index >= 15 is 0 Å². The molecule has 1 heterocycles. The molecule has 0 aliphatic rings. The first kappa shape index (κ1) is 15.9. The lowest BCUT2D eigenvalue weighted by molar-refractivity contribution is 0.0977. The molecule has 0 fully saturated rings. The van der Waals surface area contributed by atoms with Crippen molar-refractivity contribution in [2.45, 2.75) is 0 Å². The van der Waals surface area contributed by atoms with Crippen LogP contribution >= 0.6 is 11.6 Å². The number of fused-ring (bicyclic) bond motifs is 1. The molecule has 0 aliphatic carbocycles. The third-order valence-electron chi connectivity index (χ3n) is 3.29. The summed E-state index contributed by atoms with van der Waals surface area (Å²) >= 11 is 5.64. The number of hydrogen-bond donors (Lipinski definition) is 2. The van der Waals surface area contributed by atoms with Crippen LogP contribution < -0.4 is 11.1 Å². The van der Waals surface area contributed by atoms with Crippen molar-refractivity contribution in [1.82, 2.24) is 0 Å². The molecule has 0 bridgehead atoms. The van der Waals surface area contributed by atoms with Crippen molar-refractivity contribution < 1.29 is 22.8 Å². The Morgan fingerprint density at radius 2 is 1.88 bits per heavy atom. The van der Waals surface area contributed by atoms with Gasteiger partial charge in [-0.2, -0.15) is 0 Å². The largest absolute Gasteiger partial charge is 0.449 e. The highest BCUT2D eigenvalue weighted by atomic mass is 35.5. The average molecular weight is 351 g/mol. The van der Waals surface area contributed by atoms with E-state index in [1.54, 1.807) is 0 Å². The molecule has 2 aromatic carbocycles. The second-order valence-corrected chi connectivity index (χ2v) is 5.30. The molecule has 0 atom stereocenters. The minimum Gasteiger partial charge on any atom is -0.449 e. The van der Waals surface area contributed by atoms with Crippen LogP contribution in [-0.4, -0.2) is 11.8 Å². The number of nitrogens with two attached hydrogens (primary N) is 1. The monoisotopic (exact) mass is 350 g/mol. The fraction of sp³-hybridized carbons (Fsp3) is 0. The molecule has 5 nitrogen and oxygen atoms in total. The molecule has 3 aromatic rings. The molecule has 0 aliphatic heterocycles. The summed E-state index contributed by atoms with van der Waals surface area (Å²) in [6, 6.07) is 6.91. The first-order valence-electron chi connectivity index (χ1n) is 6.65. The second-order valence-electron chi connectivity index (χ2n) is 4.89. The Hall–Kier alpha value is -2.93. The third kappa shape index (κ3) is 2.81. The lowest BCUT2D eigenvalue weighted by Gasteiger charge is -2.06. The predicted octanol–water partition coefficient (Wildman–Crippen LogP) is 3.72. The molecule has 0 saturated carbocycles. The van der Waals surface area contributed by atoms with E-state index in [-0.39, 0.29) is 33.0 Å². The van der Waals surface area contributed by atoms with Crippen LogP contribution in [0.1, 0.15) is 20.9 Å². The number of furan rings is 1. The zero-order valence-corrected chi connectivity index (χ0v) is 12.7. The summed E-state index contributed by atoms with van der Waals surface area (Å²) in [6.45, 7) is 0.